The lowest BCUT2D eigenvalue weighted by molar-refractivity contribution is -0.116. The summed E-state index contributed by atoms with van der Waals surface area (Å²) in [5.74, 6) is 0.620. The smallest absolute Gasteiger partial charge is 0.218 e. The Labute approximate surface area is 124 Å². The van der Waals surface area contributed by atoms with Gasteiger partial charge in [0.05, 0.1) is 20.3 Å². The van der Waals surface area contributed by atoms with Gasteiger partial charge in [-0.05, 0) is 24.1 Å². The van der Waals surface area contributed by atoms with E-state index in [0.29, 0.717) is 25.5 Å². The number of ether oxygens (including phenoxy) is 2. The molecule has 0 aliphatic heterocycles. The summed E-state index contributed by atoms with van der Waals surface area (Å²) in [4.78, 5) is 15.5. The van der Waals surface area contributed by atoms with Crippen LogP contribution in [0, 0.1) is 0 Å². The third kappa shape index (κ3) is 4.39. The summed E-state index contributed by atoms with van der Waals surface area (Å²) >= 11 is 0. The van der Waals surface area contributed by atoms with E-state index in [1.54, 1.807) is 20.2 Å². The summed E-state index contributed by atoms with van der Waals surface area (Å²) in [6.07, 6.45) is 2.01. The molecular formula is C17H19NO3. The van der Waals surface area contributed by atoms with Crippen molar-refractivity contribution < 1.29 is 14.3 Å². The summed E-state index contributed by atoms with van der Waals surface area (Å²) in [5, 5.41) is 0. The SMILES string of the molecule is COc1nccc(CC(C)=O)c1COCc1ccccc1. The van der Waals surface area contributed by atoms with Gasteiger partial charge in [0, 0.05) is 18.2 Å². The van der Waals surface area contributed by atoms with Crippen LogP contribution in [0.1, 0.15) is 23.6 Å². The largest absolute Gasteiger partial charge is 0.481 e. The fourth-order valence-electron chi connectivity index (χ4n) is 2.12. The van der Waals surface area contributed by atoms with E-state index in [-0.39, 0.29) is 5.78 Å². The molecule has 0 amide bonds. The zero-order valence-electron chi connectivity index (χ0n) is 12.3. The van der Waals surface area contributed by atoms with Gasteiger partial charge in [-0.2, -0.15) is 0 Å². The molecule has 21 heavy (non-hydrogen) atoms. The second kappa shape index (κ2) is 7.55. The Morgan fingerprint density at radius 3 is 2.57 bits per heavy atom. The highest BCUT2D eigenvalue weighted by molar-refractivity contribution is 5.78. The van der Waals surface area contributed by atoms with Crippen LogP contribution in [0.2, 0.25) is 0 Å². The van der Waals surface area contributed by atoms with Crippen LogP contribution >= 0.6 is 0 Å². The molecule has 4 nitrogen and oxygen atoms in total. The van der Waals surface area contributed by atoms with E-state index in [0.717, 1.165) is 16.7 Å². The number of hydrogen-bond donors (Lipinski definition) is 0. The minimum atomic E-state index is 0.104. The molecule has 0 atom stereocenters. The molecule has 0 unspecified atom stereocenters. The van der Waals surface area contributed by atoms with Gasteiger partial charge < -0.3 is 9.47 Å². The predicted molar refractivity (Wildman–Crippen MR) is 80.1 cm³/mol. The van der Waals surface area contributed by atoms with E-state index in [4.69, 9.17) is 9.47 Å². The Kier molecular flexibility index (Phi) is 5.46. The molecule has 0 fully saturated rings. The summed E-state index contributed by atoms with van der Waals surface area (Å²) in [7, 11) is 1.57. The number of benzene rings is 1. The minimum Gasteiger partial charge on any atom is -0.481 e. The first-order valence-electron chi connectivity index (χ1n) is 6.82. The number of aromatic nitrogens is 1. The van der Waals surface area contributed by atoms with Crippen molar-refractivity contribution >= 4 is 5.78 Å². The average Bonchev–Trinajstić information content (AvgIpc) is 2.49. The van der Waals surface area contributed by atoms with Gasteiger partial charge in [0.25, 0.3) is 0 Å². The lowest BCUT2D eigenvalue weighted by atomic mass is 10.1. The van der Waals surface area contributed by atoms with Crippen molar-refractivity contribution in [1.82, 2.24) is 4.98 Å². The van der Waals surface area contributed by atoms with E-state index in [2.05, 4.69) is 4.98 Å². The maximum Gasteiger partial charge on any atom is 0.218 e. The molecule has 0 aliphatic carbocycles. The number of ketones is 1. The van der Waals surface area contributed by atoms with Gasteiger partial charge in [0.1, 0.15) is 5.78 Å². The number of carbonyl (C=O) groups excluding carboxylic acids is 1. The van der Waals surface area contributed by atoms with Gasteiger partial charge >= 0.3 is 0 Å². The highest BCUT2D eigenvalue weighted by Gasteiger charge is 2.12. The molecule has 110 valence electrons. The number of Topliss-reactive ketones (excluding diaryl/α,β-unsaturated/α-hetero) is 1. The molecule has 1 aromatic carbocycles. The van der Waals surface area contributed by atoms with Crippen molar-refractivity contribution in [3.05, 3.63) is 59.3 Å². The van der Waals surface area contributed by atoms with Gasteiger partial charge in [-0.15, -0.1) is 0 Å². The Bertz CT molecular complexity index is 596. The van der Waals surface area contributed by atoms with E-state index < -0.39 is 0 Å². The Balaban J connectivity index is 2.08. The second-order valence-corrected chi connectivity index (χ2v) is 4.82. The number of nitrogens with zero attached hydrogens (tertiary/aromatic N) is 1. The van der Waals surface area contributed by atoms with Gasteiger partial charge in [-0.1, -0.05) is 30.3 Å². The van der Waals surface area contributed by atoms with Crippen LogP contribution in [0.15, 0.2) is 42.6 Å². The number of pyridine rings is 1. The topological polar surface area (TPSA) is 48.4 Å². The minimum absolute atomic E-state index is 0.104. The standard InChI is InChI=1S/C17H19NO3/c1-13(19)10-15-8-9-18-17(20-2)16(15)12-21-11-14-6-4-3-5-7-14/h3-9H,10-12H2,1-2H3. The maximum atomic E-state index is 11.4. The Morgan fingerprint density at radius 2 is 1.90 bits per heavy atom. The third-order valence-electron chi connectivity index (χ3n) is 3.10. The monoisotopic (exact) mass is 285 g/mol. The Hall–Kier alpha value is -2.20. The number of carbonyl (C=O) groups is 1. The third-order valence-corrected chi connectivity index (χ3v) is 3.10. The number of hydrogen-bond acceptors (Lipinski definition) is 4. The van der Waals surface area contributed by atoms with Crippen LogP contribution in [-0.4, -0.2) is 17.9 Å². The average molecular weight is 285 g/mol. The predicted octanol–water partition coefficient (Wildman–Crippen LogP) is 2.94. The first-order chi connectivity index (χ1) is 10.2. The van der Waals surface area contributed by atoms with E-state index >= 15 is 0 Å². The van der Waals surface area contributed by atoms with Crippen LogP contribution < -0.4 is 4.74 Å². The molecule has 0 bridgehead atoms. The summed E-state index contributed by atoms with van der Waals surface area (Å²) < 4.78 is 11.0. The first-order valence-corrected chi connectivity index (χ1v) is 6.82. The van der Waals surface area contributed by atoms with Gasteiger partial charge in [0.2, 0.25) is 5.88 Å². The van der Waals surface area contributed by atoms with Crippen LogP contribution in [0.5, 0.6) is 5.88 Å². The fraction of sp³-hybridized carbons (Fsp3) is 0.294. The quantitative estimate of drug-likeness (QED) is 0.784. The van der Waals surface area contributed by atoms with Crippen LogP contribution in [0.3, 0.4) is 0 Å². The molecule has 2 rings (SSSR count). The van der Waals surface area contributed by atoms with Crippen LogP contribution in [0.4, 0.5) is 0 Å². The van der Waals surface area contributed by atoms with Crippen LogP contribution in [-0.2, 0) is 29.2 Å². The van der Waals surface area contributed by atoms with Crippen LogP contribution in [0.25, 0.3) is 0 Å². The molecule has 0 saturated heterocycles. The van der Waals surface area contributed by atoms with Crippen molar-refractivity contribution in [2.45, 2.75) is 26.6 Å². The van der Waals surface area contributed by atoms with E-state index in [1.807, 2.05) is 36.4 Å². The molecule has 2 aromatic rings. The first kappa shape index (κ1) is 15.2. The van der Waals surface area contributed by atoms with Crippen molar-refractivity contribution in [1.29, 1.82) is 0 Å². The Morgan fingerprint density at radius 1 is 1.14 bits per heavy atom. The molecule has 1 aromatic heterocycles. The molecule has 0 saturated carbocycles. The molecule has 0 N–H and O–H groups in total. The van der Waals surface area contributed by atoms with E-state index in [1.165, 1.54) is 0 Å². The van der Waals surface area contributed by atoms with Gasteiger partial charge in [-0.3, -0.25) is 4.79 Å². The van der Waals surface area contributed by atoms with Crippen molar-refractivity contribution in [3.63, 3.8) is 0 Å². The molecule has 1 heterocycles. The molecule has 0 radical (unpaired) electrons. The van der Waals surface area contributed by atoms with Crippen molar-refractivity contribution in [3.8, 4) is 5.88 Å². The number of methoxy groups -OCH3 is 1. The fourth-order valence-corrected chi connectivity index (χ4v) is 2.12. The lowest BCUT2D eigenvalue weighted by Gasteiger charge is -2.12. The summed E-state index contributed by atoms with van der Waals surface area (Å²) in [6, 6.07) is 11.8. The maximum absolute atomic E-state index is 11.4. The molecular weight excluding hydrogens is 266 g/mol. The highest BCUT2D eigenvalue weighted by Crippen LogP contribution is 2.21. The molecule has 0 spiro atoms. The molecule has 4 heteroatoms. The normalized spacial score (nSPS) is 10.4. The highest BCUT2D eigenvalue weighted by atomic mass is 16.5. The van der Waals surface area contributed by atoms with E-state index in [9.17, 15) is 4.79 Å². The zero-order chi connectivity index (χ0) is 15.1. The number of rotatable bonds is 7. The van der Waals surface area contributed by atoms with Gasteiger partial charge in [0.15, 0.2) is 0 Å². The molecule has 0 aliphatic rings. The van der Waals surface area contributed by atoms with Crippen molar-refractivity contribution in [2.75, 3.05) is 7.11 Å². The second-order valence-electron chi connectivity index (χ2n) is 4.82. The summed E-state index contributed by atoms with van der Waals surface area (Å²) in [6.45, 7) is 2.45. The van der Waals surface area contributed by atoms with Crippen molar-refractivity contribution in [2.24, 2.45) is 0 Å². The lowest BCUT2D eigenvalue weighted by Crippen LogP contribution is -2.06. The zero-order valence-corrected chi connectivity index (χ0v) is 12.3. The van der Waals surface area contributed by atoms with Gasteiger partial charge in [-0.25, -0.2) is 4.98 Å². The summed E-state index contributed by atoms with van der Waals surface area (Å²) in [5.41, 5.74) is 2.85.